The largest absolute Gasteiger partial charge is 0.312 e. The molecule has 1 N–H and O–H groups in total. The van der Waals surface area contributed by atoms with E-state index < -0.39 is 0 Å². The van der Waals surface area contributed by atoms with Crippen LogP contribution in [0, 0.1) is 28.6 Å². The maximum Gasteiger partial charge on any atom is 0.0697 e. The van der Waals surface area contributed by atoms with Crippen LogP contribution >= 0.6 is 0 Å². The lowest BCUT2D eigenvalue weighted by Crippen LogP contribution is -2.44. The van der Waals surface area contributed by atoms with Gasteiger partial charge in [0.25, 0.3) is 0 Å². The van der Waals surface area contributed by atoms with Crippen LogP contribution in [0.2, 0.25) is 0 Å². The topological polar surface area (TPSA) is 35.8 Å². The molecule has 0 amide bonds. The normalized spacial score (nSPS) is 32.3. The summed E-state index contributed by atoms with van der Waals surface area (Å²) in [6.45, 7) is 9.48. The van der Waals surface area contributed by atoms with Crippen LogP contribution in [0.25, 0.3) is 0 Å². The monoisotopic (exact) mass is 208 g/mol. The molecule has 0 saturated heterocycles. The van der Waals surface area contributed by atoms with Gasteiger partial charge in [-0.15, -0.1) is 0 Å². The highest BCUT2D eigenvalue weighted by Crippen LogP contribution is 2.29. The molecule has 0 radical (unpaired) electrons. The minimum absolute atomic E-state index is 0.236. The zero-order valence-corrected chi connectivity index (χ0v) is 10.5. The first kappa shape index (κ1) is 12.5. The van der Waals surface area contributed by atoms with Gasteiger partial charge >= 0.3 is 0 Å². The predicted molar refractivity (Wildman–Crippen MR) is 63.4 cm³/mol. The van der Waals surface area contributed by atoms with Gasteiger partial charge in [-0.1, -0.05) is 26.7 Å². The molecule has 1 aliphatic rings. The number of nitrogens with one attached hydrogen (secondary N) is 1. The zero-order valence-electron chi connectivity index (χ0n) is 10.5. The van der Waals surface area contributed by atoms with Crippen molar-refractivity contribution in [3.05, 3.63) is 0 Å². The molecule has 1 saturated carbocycles. The zero-order chi connectivity index (χ0) is 11.5. The molecule has 0 spiro atoms. The predicted octanol–water partition coefficient (Wildman–Crippen LogP) is 2.95. The average Bonchev–Trinajstić information content (AvgIpc) is 2.20. The van der Waals surface area contributed by atoms with Crippen molar-refractivity contribution in [1.29, 1.82) is 5.26 Å². The number of nitriles is 1. The number of nitrogens with zero attached hydrogens (tertiary/aromatic N) is 1. The van der Waals surface area contributed by atoms with Crippen molar-refractivity contribution in [2.45, 2.75) is 53.0 Å². The Bertz CT molecular complexity index is 239. The van der Waals surface area contributed by atoms with Gasteiger partial charge in [0.05, 0.1) is 11.5 Å². The minimum atomic E-state index is -0.236. The third kappa shape index (κ3) is 3.50. The van der Waals surface area contributed by atoms with Crippen LogP contribution < -0.4 is 5.32 Å². The van der Waals surface area contributed by atoms with E-state index in [-0.39, 0.29) is 5.41 Å². The quantitative estimate of drug-likeness (QED) is 0.774. The van der Waals surface area contributed by atoms with Gasteiger partial charge < -0.3 is 5.32 Å². The lowest BCUT2D eigenvalue weighted by molar-refractivity contribution is 0.197. The van der Waals surface area contributed by atoms with Gasteiger partial charge in [0.1, 0.15) is 0 Å². The Labute approximate surface area is 94.1 Å². The summed E-state index contributed by atoms with van der Waals surface area (Å²) in [7, 11) is 0. The molecule has 3 atom stereocenters. The van der Waals surface area contributed by atoms with Crippen LogP contribution in [-0.4, -0.2) is 12.6 Å². The summed E-state index contributed by atoms with van der Waals surface area (Å²) in [5.41, 5.74) is -0.236. The van der Waals surface area contributed by atoms with E-state index in [9.17, 15) is 0 Å². The molecule has 0 heterocycles. The maximum atomic E-state index is 8.95. The molecule has 0 bridgehead atoms. The van der Waals surface area contributed by atoms with E-state index in [0.29, 0.717) is 6.04 Å². The number of hydrogen-bond donors (Lipinski definition) is 1. The minimum Gasteiger partial charge on any atom is -0.312 e. The van der Waals surface area contributed by atoms with E-state index in [0.717, 1.165) is 18.4 Å². The molecule has 0 aromatic carbocycles. The first-order valence-corrected chi connectivity index (χ1v) is 6.11. The van der Waals surface area contributed by atoms with Crippen LogP contribution in [-0.2, 0) is 0 Å². The fourth-order valence-corrected chi connectivity index (χ4v) is 2.30. The lowest BCUT2D eigenvalue weighted by atomic mass is 9.77. The van der Waals surface area contributed by atoms with Gasteiger partial charge in [-0.3, -0.25) is 0 Å². The molecular formula is C13H24N2. The van der Waals surface area contributed by atoms with E-state index in [1.54, 1.807) is 0 Å². The molecule has 0 aliphatic heterocycles. The molecule has 0 aromatic rings. The second-order valence-corrected chi connectivity index (χ2v) is 5.75. The summed E-state index contributed by atoms with van der Waals surface area (Å²) in [4.78, 5) is 0. The fraction of sp³-hybridized carbons (Fsp3) is 0.923. The Morgan fingerprint density at radius 1 is 1.33 bits per heavy atom. The molecule has 2 nitrogen and oxygen atoms in total. The summed E-state index contributed by atoms with van der Waals surface area (Å²) < 4.78 is 0. The summed E-state index contributed by atoms with van der Waals surface area (Å²) in [6.07, 6.45) is 3.96. The molecular weight excluding hydrogens is 184 g/mol. The van der Waals surface area contributed by atoms with Gasteiger partial charge in [-0.05, 0) is 32.1 Å². The molecule has 0 aromatic heterocycles. The summed E-state index contributed by atoms with van der Waals surface area (Å²) in [6, 6.07) is 2.96. The van der Waals surface area contributed by atoms with Crippen molar-refractivity contribution >= 4 is 0 Å². The Morgan fingerprint density at radius 3 is 2.60 bits per heavy atom. The maximum absolute atomic E-state index is 8.95. The Balaban J connectivity index is 2.42. The Kier molecular flexibility index (Phi) is 4.16. The van der Waals surface area contributed by atoms with Crippen LogP contribution in [0.1, 0.15) is 47.0 Å². The van der Waals surface area contributed by atoms with Crippen molar-refractivity contribution < 1.29 is 0 Å². The van der Waals surface area contributed by atoms with E-state index in [1.807, 2.05) is 13.8 Å². The van der Waals surface area contributed by atoms with Crippen LogP contribution in [0.15, 0.2) is 0 Å². The molecule has 1 fully saturated rings. The van der Waals surface area contributed by atoms with E-state index >= 15 is 0 Å². The third-order valence-electron chi connectivity index (χ3n) is 3.82. The van der Waals surface area contributed by atoms with Crippen molar-refractivity contribution in [3.8, 4) is 6.07 Å². The Hall–Kier alpha value is -0.550. The van der Waals surface area contributed by atoms with Gasteiger partial charge in [0, 0.05) is 12.6 Å². The van der Waals surface area contributed by atoms with Crippen molar-refractivity contribution in [1.82, 2.24) is 5.32 Å². The Morgan fingerprint density at radius 2 is 2.00 bits per heavy atom. The van der Waals surface area contributed by atoms with Gasteiger partial charge in [0.15, 0.2) is 0 Å². The van der Waals surface area contributed by atoms with E-state index in [4.69, 9.17) is 5.26 Å². The summed E-state index contributed by atoms with van der Waals surface area (Å²) in [5.74, 6) is 1.56. The number of hydrogen-bond acceptors (Lipinski definition) is 2. The highest BCUT2D eigenvalue weighted by Gasteiger charge is 2.28. The van der Waals surface area contributed by atoms with Crippen molar-refractivity contribution in [3.63, 3.8) is 0 Å². The molecule has 2 heteroatoms. The first-order chi connectivity index (χ1) is 6.96. The van der Waals surface area contributed by atoms with Gasteiger partial charge in [-0.2, -0.15) is 5.26 Å². The second kappa shape index (κ2) is 4.99. The molecule has 86 valence electrons. The highest BCUT2D eigenvalue weighted by molar-refractivity contribution is 4.95. The van der Waals surface area contributed by atoms with Crippen molar-refractivity contribution in [2.24, 2.45) is 17.3 Å². The van der Waals surface area contributed by atoms with Crippen LogP contribution in [0.4, 0.5) is 0 Å². The molecule has 1 aliphatic carbocycles. The molecule has 1 rings (SSSR count). The summed E-state index contributed by atoms with van der Waals surface area (Å²) >= 11 is 0. The smallest absolute Gasteiger partial charge is 0.0697 e. The lowest BCUT2D eigenvalue weighted by Gasteiger charge is -2.36. The highest BCUT2D eigenvalue weighted by atomic mass is 14.9. The van der Waals surface area contributed by atoms with Gasteiger partial charge in [0.2, 0.25) is 0 Å². The molecule has 15 heavy (non-hydrogen) atoms. The first-order valence-electron chi connectivity index (χ1n) is 6.11. The van der Waals surface area contributed by atoms with Crippen molar-refractivity contribution in [2.75, 3.05) is 6.54 Å². The van der Waals surface area contributed by atoms with Crippen LogP contribution in [0.3, 0.4) is 0 Å². The standard InChI is InChI=1S/C13H24N2/c1-10-6-5-7-12(11(10)2)15-9-13(3,4)8-14/h10-12,15H,5-7,9H2,1-4H3. The van der Waals surface area contributed by atoms with Gasteiger partial charge in [-0.25, -0.2) is 0 Å². The third-order valence-corrected chi connectivity index (χ3v) is 3.82. The SMILES string of the molecule is CC1CCCC(NCC(C)(C)C#N)C1C. The average molecular weight is 208 g/mol. The van der Waals surface area contributed by atoms with E-state index in [2.05, 4.69) is 25.2 Å². The fourth-order valence-electron chi connectivity index (χ4n) is 2.30. The second-order valence-electron chi connectivity index (χ2n) is 5.75. The summed E-state index contributed by atoms with van der Waals surface area (Å²) in [5, 5.41) is 12.5. The van der Waals surface area contributed by atoms with E-state index in [1.165, 1.54) is 19.3 Å². The number of rotatable bonds is 3. The molecule has 3 unspecified atom stereocenters. The van der Waals surface area contributed by atoms with Crippen LogP contribution in [0.5, 0.6) is 0 Å².